The van der Waals surface area contributed by atoms with Crippen LogP contribution < -0.4 is 10.6 Å². The van der Waals surface area contributed by atoms with Crippen molar-refractivity contribution in [2.75, 3.05) is 32.7 Å². The van der Waals surface area contributed by atoms with Crippen molar-refractivity contribution in [3.8, 4) is 0 Å². The van der Waals surface area contributed by atoms with Crippen molar-refractivity contribution in [3.05, 3.63) is 0 Å². The van der Waals surface area contributed by atoms with E-state index in [1.807, 2.05) is 0 Å². The maximum Gasteiger partial charge on any atom is 0.0195 e. The van der Waals surface area contributed by atoms with Crippen LogP contribution in [0, 0.1) is 0 Å². The molecule has 2 saturated heterocycles. The van der Waals surface area contributed by atoms with Crippen molar-refractivity contribution in [2.45, 2.75) is 31.8 Å². The van der Waals surface area contributed by atoms with E-state index >= 15 is 0 Å². The fraction of sp³-hybridized carbons (Fsp3) is 1.00. The van der Waals surface area contributed by atoms with Gasteiger partial charge in [0.2, 0.25) is 0 Å². The van der Waals surface area contributed by atoms with Crippen LogP contribution in [0.25, 0.3) is 0 Å². The number of halogens is 1. The van der Waals surface area contributed by atoms with Gasteiger partial charge in [-0.15, -0.1) is 12.4 Å². The number of hydrogen-bond acceptors (Lipinski definition) is 3. The summed E-state index contributed by atoms with van der Waals surface area (Å²) in [4.78, 5) is 2.61. The molecule has 0 aromatic heterocycles. The van der Waals surface area contributed by atoms with Crippen LogP contribution in [0.3, 0.4) is 0 Å². The molecule has 0 bridgehead atoms. The van der Waals surface area contributed by atoms with Gasteiger partial charge in [-0.1, -0.05) is 0 Å². The van der Waals surface area contributed by atoms with Gasteiger partial charge in [0, 0.05) is 38.3 Å². The summed E-state index contributed by atoms with van der Waals surface area (Å²) in [7, 11) is 0. The van der Waals surface area contributed by atoms with Gasteiger partial charge in [0.15, 0.2) is 0 Å². The Labute approximate surface area is 93.0 Å². The summed E-state index contributed by atoms with van der Waals surface area (Å²) >= 11 is 0. The molecule has 2 heterocycles. The van der Waals surface area contributed by atoms with E-state index in [0.717, 1.165) is 25.2 Å². The van der Waals surface area contributed by atoms with Gasteiger partial charge in [-0.3, -0.25) is 4.90 Å². The maximum absolute atomic E-state index is 3.56. The summed E-state index contributed by atoms with van der Waals surface area (Å²) in [5.41, 5.74) is 0. The second-order valence-corrected chi connectivity index (χ2v) is 4.34. The van der Waals surface area contributed by atoms with Crippen molar-refractivity contribution in [1.29, 1.82) is 0 Å². The Morgan fingerprint density at radius 2 is 2.21 bits per heavy atom. The van der Waals surface area contributed by atoms with E-state index in [9.17, 15) is 0 Å². The van der Waals surface area contributed by atoms with Crippen LogP contribution in [-0.2, 0) is 0 Å². The highest BCUT2D eigenvalue weighted by atomic mass is 35.5. The van der Waals surface area contributed by atoms with Gasteiger partial charge in [-0.25, -0.2) is 0 Å². The molecule has 2 fully saturated rings. The summed E-state index contributed by atoms with van der Waals surface area (Å²) in [5, 5.41) is 6.99. The zero-order valence-corrected chi connectivity index (χ0v) is 9.78. The highest BCUT2D eigenvalue weighted by molar-refractivity contribution is 5.85. The number of hydrogen-bond donors (Lipinski definition) is 2. The van der Waals surface area contributed by atoms with Crippen molar-refractivity contribution in [1.82, 2.24) is 15.5 Å². The molecular formula is C10H22ClN3. The Morgan fingerprint density at radius 1 is 1.36 bits per heavy atom. The Bertz CT molecular complexity index is 159. The number of nitrogens with one attached hydrogen (secondary N) is 2. The molecule has 2 atom stereocenters. The average Bonchev–Trinajstić information content (AvgIpc) is 2.61. The lowest BCUT2D eigenvalue weighted by Gasteiger charge is -2.35. The molecule has 3 nitrogen and oxygen atoms in total. The van der Waals surface area contributed by atoms with Crippen molar-refractivity contribution in [3.63, 3.8) is 0 Å². The quantitative estimate of drug-likeness (QED) is 0.707. The van der Waals surface area contributed by atoms with E-state index in [2.05, 4.69) is 22.5 Å². The minimum Gasteiger partial charge on any atom is -0.314 e. The lowest BCUT2D eigenvalue weighted by molar-refractivity contribution is 0.160. The van der Waals surface area contributed by atoms with Crippen LogP contribution in [0.4, 0.5) is 0 Å². The molecule has 2 aliphatic heterocycles. The first-order valence-corrected chi connectivity index (χ1v) is 5.54. The molecule has 0 aliphatic carbocycles. The average molecular weight is 220 g/mol. The van der Waals surface area contributed by atoms with E-state index in [1.165, 1.54) is 32.5 Å². The van der Waals surface area contributed by atoms with Gasteiger partial charge in [0.05, 0.1) is 0 Å². The molecule has 2 N–H and O–H groups in total. The number of piperazine rings is 1. The third-order valence-electron chi connectivity index (χ3n) is 3.26. The van der Waals surface area contributed by atoms with Crippen LogP contribution in [0.2, 0.25) is 0 Å². The summed E-state index contributed by atoms with van der Waals surface area (Å²) in [5.74, 6) is 0. The monoisotopic (exact) mass is 219 g/mol. The molecule has 1 unspecified atom stereocenters. The third kappa shape index (κ3) is 3.09. The van der Waals surface area contributed by atoms with Crippen LogP contribution in [0.15, 0.2) is 0 Å². The first-order chi connectivity index (χ1) is 6.36. The first-order valence-electron chi connectivity index (χ1n) is 5.54. The second-order valence-electron chi connectivity index (χ2n) is 4.34. The van der Waals surface area contributed by atoms with Gasteiger partial charge in [-0.05, 0) is 26.3 Å². The van der Waals surface area contributed by atoms with Crippen LogP contribution in [-0.4, -0.2) is 49.7 Å². The molecule has 2 aliphatic rings. The number of nitrogens with zero attached hydrogens (tertiary/aromatic N) is 1. The van der Waals surface area contributed by atoms with E-state index in [1.54, 1.807) is 0 Å². The lowest BCUT2D eigenvalue weighted by Crippen LogP contribution is -2.53. The van der Waals surface area contributed by atoms with E-state index in [-0.39, 0.29) is 12.4 Å². The molecule has 0 aromatic carbocycles. The molecule has 0 radical (unpaired) electrons. The highest BCUT2D eigenvalue weighted by Crippen LogP contribution is 2.10. The molecule has 0 aromatic rings. The van der Waals surface area contributed by atoms with Gasteiger partial charge in [0.25, 0.3) is 0 Å². The molecular weight excluding hydrogens is 198 g/mol. The second kappa shape index (κ2) is 5.91. The molecule has 0 spiro atoms. The molecule has 0 amide bonds. The fourth-order valence-corrected chi connectivity index (χ4v) is 2.35. The van der Waals surface area contributed by atoms with Crippen molar-refractivity contribution < 1.29 is 0 Å². The first kappa shape index (κ1) is 12.2. The molecule has 0 saturated carbocycles. The zero-order chi connectivity index (χ0) is 9.10. The van der Waals surface area contributed by atoms with E-state index < -0.39 is 0 Å². The minimum atomic E-state index is 0. The molecule has 14 heavy (non-hydrogen) atoms. The smallest absolute Gasteiger partial charge is 0.0195 e. The highest BCUT2D eigenvalue weighted by Gasteiger charge is 2.22. The predicted octanol–water partition coefficient (Wildman–Crippen LogP) is 0.454. The van der Waals surface area contributed by atoms with Gasteiger partial charge in [-0.2, -0.15) is 0 Å². The Hall–Kier alpha value is 0.170. The van der Waals surface area contributed by atoms with Gasteiger partial charge >= 0.3 is 0 Å². The summed E-state index contributed by atoms with van der Waals surface area (Å²) < 4.78 is 0. The SMILES string of the molecule is CC1CNCCN1C[C@@H]1CCCN1.Cl. The summed E-state index contributed by atoms with van der Waals surface area (Å²) in [6.45, 7) is 8.35. The fourth-order valence-electron chi connectivity index (χ4n) is 2.35. The Balaban J connectivity index is 0.000000980. The molecule has 84 valence electrons. The zero-order valence-electron chi connectivity index (χ0n) is 8.96. The van der Waals surface area contributed by atoms with Crippen molar-refractivity contribution >= 4 is 12.4 Å². The van der Waals surface area contributed by atoms with Crippen molar-refractivity contribution in [2.24, 2.45) is 0 Å². The molecule has 4 heteroatoms. The van der Waals surface area contributed by atoms with E-state index in [0.29, 0.717) is 0 Å². The standard InChI is InChI=1S/C10H21N3.ClH/c1-9-7-11-5-6-13(9)8-10-3-2-4-12-10;/h9-12H,2-8H2,1H3;1H/t9?,10-;/m0./s1. The third-order valence-corrected chi connectivity index (χ3v) is 3.26. The Morgan fingerprint density at radius 3 is 2.86 bits per heavy atom. The summed E-state index contributed by atoms with van der Waals surface area (Å²) in [6, 6.07) is 1.48. The minimum absolute atomic E-state index is 0. The van der Waals surface area contributed by atoms with Gasteiger partial charge < -0.3 is 10.6 Å². The van der Waals surface area contributed by atoms with E-state index in [4.69, 9.17) is 0 Å². The Kier molecular flexibility index (Phi) is 5.17. The predicted molar refractivity (Wildman–Crippen MR) is 62.2 cm³/mol. The normalized spacial score (nSPS) is 34.1. The van der Waals surface area contributed by atoms with Crippen LogP contribution in [0.1, 0.15) is 19.8 Å². The van der Waals surface area contributed by atoms with Crippen LogP contribution in [0.5, 0.6) is 0 Å². The van der Waals surface area contributed by atoms with Crippen LogP contribution >= 0.6 is 12.4 Å². The summed E-state index contributed by atoms with van der Waals surface area (Å²) in [6.07, 6.45) is 2.74. The largest absolute Gasteiger partial charge is 0.314 e. The maximum atomic E-state index is 3.56. The lowest BCUT2D eigenvalue weighted by atomic mass is 10.1. The topological polar surface area (TPSA) is 27.3 Å². The van der Waals surface area contributed by atoms with Gasteiger partial charge in [0.1, 0.15) is 0 Å². The molecule has 2 rings (SSSR count). The number of rotatable bonds is 2.